The van der Waals surface area contributed by atoms with Gasteiger partial charge in [-0.2, -0.15) is 4.99 Å². The number of carbonyl (C=O) groups is 1. The van der Waals surface area contributed by atoms with Crippen LogP contribution in [0.5, 0.6) is 5.88 Å². The lowest BCUT2D eigenvalue weighted by Gasteiger charge is -2.17. The highest BCUT2D eigenvalue weighted by Crippen LogP contribution is 2.12. The van der Waals surface area contributed by atoms with Crippen molar-refractivity contribution in [1.29, 1.82) is 0 Å². The van der Waals surface area contributed by atoms with Crippen molar-refractivity contribution in [2.45, 2.75) is 26.4 Å². The van der Waals surface area contributed by atoms with Gasteiger partial charge in [-0.05, 0) is 25.9 Å². The molecule has 1 amide bonds. The molecule has 112 valence electrons. The lowest BCUT2D eigenvalue weighted by molar-refractivity contribution is 0.0604. The van der Waals surface area contributed by atoms with E-state index in [4.69, 9.17) is 25.6 Å². The van der Waals surface area contributed by atoms with E-state index in [2.05, 4.69) is 15.0 Å². The van der Waals surface area contributed by atoms with Gasteiger partial charge in [-0.15, -0.1) is 0 Å². The van der Waals surface area contributed by atoms with Crippen LogP contribution in [0.25, 0.3) is 0 Å². The Balaban J connectivity index is 2.63. The minimum absolute atomic E-state index is 0.0968. The molecular weight excluding hydrogens is 268 g/mol. The van der Waals surface area contributed by atoms with Crippen LogP contribution in [0.3, 0.4) is 0 Å². The second kappa shape index (κ2) is 6.87. The molecule has 0 atom stereocenters. The molecular formula is C11H18N4O5. The molecule has 0 bridgehead atoms. The largest absolute Gasteiger partial charge is 0.473 e. The normalized spacial score (nSPS) is 12.3. The molecule has 0 fully saturated rings. The number of nitrogens with two attached hydrogens (primary N) is 2. The molecule has 9 nitrogen and oxygen atoms in total. The van der Waals surface area contributed by atoms with Gasteiger partial charge in [0, 0.05) is 0 Å². The zero-order valence-electron chi connectivity index (χ0n) is 11.6. The van der Waals surface area contributed by atoms with Gasteiger partial charge in [0.25, 0.3) is 5.88 Å². The molecule has 0 aliphatic rings. The van der Waals surface area contributed by atoms with E-state index in [0.29, 0.717) is 0 Å². The number of carbonyl (C=O) groups excluding carboxylic acids is 1. The summed E-state index contributed by atoms with van der Waals surface area (Å²) in [4.78, 5) is 19.3. The topological polar surface area (TPSA) is 135 Å². The van der Waals surface area contributed by atoms with Crippen LogP contribution in [-0.4, -0.2) is 35.9 Å². The van der Waals surface area contributed by atoms with Crippen LogP contribution >= 0.6 is 0 Å². The fourth-order valence-corrected chi connectivity index (χ4v) is 1.08. The van der Waals surface area contributed by atoms with Crippen LogP contribution in [0.2, 0.25) is 0 Å². The molecule has 9 heteroatoms. The van der Waals surface area contributed by atoms with Crippen molar-refractivity contribution in [1.82, 2.24) is 5.16 Å². The summed E-state index contributed by atoms with van der Waals surface area (Å²) in [5, 5.41) is 3.58. The molecule has 0 unspecified atom stereocenters. The molecule has 0 radical (unpaired) electrons. The smallest absolute Gasteiger partial charge is 0.436 e. The Morgan fingerprint density at radius 1 is 1.45 bits per heavy atom. The Hall–Kier alpha value is -2.13. The molecule has 1 rings (SSSR count). The Kier molecular flexibility index (Phi) is 5.47. The molecule has 0 aromatic carbocycles. The average Bonchev–Trinajstić information content (AvgIpc) is 2.75. The Morgan fingerprint density at radius 3 is 2.75 bits per heavy atom. The van der Waals surface area contributed by atoms with Crippen LogP contribution < -0.4 is 16.4 Å². The average molecular weight is 286 g/mol. The third-order valence-electron chi connectivity index (χ3n) is 1.80. The molecule has 0 saturated carbocycles. The predicted octanol–water partition coefficient (Wildman–Crippen LogP) is 0.584. The number of hydrogen-bond donors (Lipinski definition) is 2. The second-order valence-corrected chi connectivity index (χ2v) is 4.73. The number of aliphatic imine (C=N–C) groups is 1. The van der Waals surface area contributed by atoms with Crippen molar-refractivity contribution in [3.63, 3.8) is 0 Å². The number of ether oxygens (including phenoxy) is 2. The fourth-order valence-electron chi connectivity index (χ4n) is 1.08. The summed E-state index contributed by atoms with van der Waals surface area (Å²) in [6.45, 7) is 5.55. The van der Waals surface area contributed by atoms with Gasteiger partial charge in [0.1, 0.15) is 18.8 Å². The highest BCUT2D eigenvalue weighted by molar-refractivity contribution is 6.00. The monoisotopic (exact) mass is 286 g/mol. The van der Waals surface area contributed by atoms with Gasteiger partial charge in [0.05, 0.1) is 6.07 Å². The molecule has 1 aromatic rings. The molecule has 0 aliphatic carbocycles. The summed E-state index contributed by atoms with van der Waals surface area (Å²) in [5.74, 6) is 4.96. The minimum Gasteiger partial charge on any atom is -0.473 e. The summed E-state index contributed by atoms with van der Waals surface area (Å²) in [6, 6.07) is 1.39. The van der Waals surface area contributed by atoms with Crippen LogP contribution in [0.4, 0.5) is 4.79 Å². The van der Waals surface area contributed by atoms with Crippen LogP contribution in [0.1, 0.15) is 26.5 Å². The lowest BCUT2D eigenvalue weighted by Crippen LogP contribution is -2.24. The Labute approximate surface area is 115 Å². The third-order valence-corrected chi connectivity index (χ3v) is 1.80. The standard InChI is InChI=1S/C11H18N4O5/c1-11(2,3)19-10(16)14-9(12)7-6-8(15-20-7)17-4-5-18-13/h6H,4-5,13H2,1-3H3,(H2,12,14,16). The number of amides is 1. The second-order valence-electron chi connectivity index (χ2n) is 4.73. The van der Waals surface area contributed by atoms with E-state index in [1.54, 1.807) is 20.8 Å². The van der Waals surface area contributed by atoms with Gasteiger partial charge in [-0.25, -0.2) is 10.7 Å². The Morgan fingerprint density at radius 2 is 2.15 bits per heavy atom. The van der Waals surface area contributed by atoms with Gasteiger partial charge in [0.2, 0.25) is 5.76 Å². The van der Waals surface area contributed by atoms with Crippen LogP contribution in [0, 0.1) is 0 Å². The summed E-state index contributed by atoms with van der Waals surface area (Å²) < 4.78 is 15.0. The van der Waals surface area contributed by atoms with E-state index in [-0.39, 0.29) is 30.7 Å². The van der Waals surface area contributed by atoms with E-state index < -0.39 is 11.7 Å². The maximum absolute atomic E-state index is 11.4. The van der Waals surface area contributed by atoms with E-state index in [0.717, 1.165) is 0 Å². The summed E-state index contributed by atoms with van der Waals surface area (Å²) in [5.41, 5.74) is 4.94. The molecule has 4 N–H and O–H groups in total. The zero-order chi connectivity index (χ0) is 15.2. The highest BCUT2D eigenvalue weighted by atomic mass is 16.6. The van der Waals surface area contributed by atoms with Crippen LogP contribution in [0.15, 0.2) is 15.6 Å². The summed E-state index contributed by atoms with van der Waals surface area (Å²) >= 11 is 0. The number of nitrogens with zero attached hydrogens (tertiary/aromatic N) is 2. The highest BCUT2D eigenvalue weighted by Gasteiger charge is 2.17. The van der Waals surface area contributed by atoms with Crippen molar-refractivity contribution < 1.29 is 23.6 Å². The van der Waals surface area contributed by atoms with Crippen molar-refractivity contribution >= 4 is 11.9 Å². The maximum Gasteiger partial charge on any atom is 0.436 e. The first-order valence-electron chi connectivity index (χ1n) is 5.80. The molecule has 1 heterocycles. The lowest BCUT2D eigenvalue weighted by atomic mass is 10.2. The third kappa shape index (κ3) is 5.67. The van der Waals surface area contributed by atoms with Gasteiger partial charge < -0.3 is 24.6 Å². The van der Waals surface area contributed by atoms with E-state index in [1.807, 2.05) is 0 Å². The Bertz CT molecular complexity index is 477. The summed E-state index contributed by atoms with van der Waals surface area (Å²) in [7, 11) is 0. The first-order chi connectivity index (χ1) is 9.31. The molecule has 20 heavy (non-hydrogen) atoms. The first kappa shape index (κ1) is 15.9. The molecule has 0 saturated heterocycles. The number of aromatic nitrogens is 1. The predicted molar refractivity (Wildman–Crippen MR) is 69.1 cm³/mol. The fraction of sp³-hybridized carbons (Fsp3) is 0.545. The summed E-state index contributed by atoms with van der Waals surface area (Å²) in [6.07, 6.45) is -0.814. The molecule has 0 aliphatic heterocycles. The zero-order valence-corrected chi connectivity index (χ0v) is 11.6. The van der Waals surface area contributed by atoms with Gasteiger partial charge in [0.15, 0.2) is 5.84 Å². The van der Waals surface area contributed by atoms with E-state index >= 15 is 0 Å². The van der Waals surface area contributed by atoms with Crippen molar-refractivity contribution in [3.05, 3.63) is 11.8 Å². The first-order valence-corrected chi connectivity index (χ1v) is 5.80. The van der Waals surface area contributed by atoms with E-state index in [9.17, 15) is 4.79 Å². The number of hydrogen-bond acceptors (Lipinski definition) is 7. The quantitative estimate of drug-likeness (QED) is 0.347. The van der Waals surface area contributed by atoms with Crippen LogP contribution in [-0.2, 0) is 9.57 Å². The number of amidine groups is 1. The van der Waals surface area contributed by atoms with Gasteiger partial charge in [-0.1, -0.05) is 0 Å². The molecule has 1 aromatic heterocycles. The molecule has 0 spiro atoms. The minimum atomic E-state index is -0.814. The number of rotatable bonds is 5. The van der Waals surface area contributed by atoms with Gasteiger partial charge in [-0.3, -0.25) is 0 Å². The van der Waals surface area contributed by atoms with Crippen molar-refractivity contribution in [2.24, 2.45) is 16.6 Å². The van der Waals surface area contributed by atoms with E-state index in [1.165, 1.54) is 6.07 Å². The maximum atomic E-state index is 11.4. The van der Waals surface area contributed by atoms with Crippen molar-refractivity contribution in [2.75, 3.05) is 13.2 Å². The van der Waals surface area contributed by atoms with Crippen molar-refractivity contribution in [3.8, 4) is 5.88 Å². The SMILES string of the molecule is CC(C)(C)OC(=O)N=C(N)c1cc(OCCON)no1. The van der Waals surface area contributed by atoms with Gasteiger partial charge >= 0.3 is 6.09 Å².